The summed E-state index contributed by atoms with van der Waals surface area (Å²) in [6.07, 6.45) is 0.676. The monoisotopic (exact) mass is 583 g/mol. The normalized spacial score (nSPS) is 12.8. The zero-order chi connectivity index (χ0) is 30.3. The summed E-state index contributed by atoms with van der Waals surface area (Å²) >= 11 is 0. The van der Waals surface area contributed by atoms with Crippen molar-refractivity contribution >= 4 is 27.5 Å². The van der Waals surface area contributed by atoms with Gasteiger partial charge in [-0.3, -0.25) is 13.9 Å². The van der Waals surface area contributed by atoms with Crippen LogP contribution in [0.3, 0.4) is 0 Å². The van der Waals surface area contributed by atoms with E-state index in [9.17, 15) is 22.4 Å². The molecule has 0 saturated heterocycles. The number of anilines is 1. The van der Waals surface area contributed by atoms with E-state index < -0.39 is 40.2 Å². The number of benzene rings is 3. The molecule has 2 amide bonds. The molecular weight excluding hydrogens is 545 g/mol. The lowest BCUT2D eigenvalue weighted by molar-refractivity contribution is -0.139. The van der Waals surface area contributed by atoms with Crippen LogP contribution in [0.1, 0.15) is 43.9 Å². The topological polar surface area (TPSA) is 96.0 Å². The Morgan fingerprint density at radius 3 is 2.22 bits per heavy atom. The maximum absolute atomic E-state index is 14.7. The van der Waals surface area contributed by atoms with E-state index >= 15 is 0 Å². The Kier molecular flexibility index (Phi) is 10.5. The molecule has 220 valence electrons. The first-order chi connectivity index (χ1) is 19.4. The Bertz CT molecular complexity index is 1480. The summed E-state index contributed by atoms with van der Waals surface area (Å²) in [5, 5.41) is 2.86. The number of aryl methyl sites for hydroxylation is 2. The van der Waals surface area contributed by atoms with Crippen LogP contribution in [0.2, 0.25) is 0 Å². The third-order valence-electron chi connectivity index (χ3n) is 6.96. The summed E-state index contributed by atoms with van der Waals surface area (Å²) in [5.41, 5.74) is 1.99. The van der Waals surface area contributed by atoms with Crippen molar-refractivity contribution in [3.63, 3.8) is 0 Å². The third kappa shape index (κ3) is 7.64. The molecule has 0 aliphatic carbocycles. The number of ether oxygens (including phenoxy) is 1. The second kappa shape index (κ2) is 13.6. The van der Waals surface area contributed by atoms with E-state index in [4.69, 9.17) is 4.74 Å². The first kappa shape index (κ1) is 31.6. The van der Waals surface area contributed by atoms with E-state index in [1.165, 1.54) is 42.3 Å². The minimum absolute atomic E-state index is 0.0114. The molecule has 0 saturated carbocycles. The van der Waals surface area contributed by atoms with Crippen LogP contribution in [0.25, 0.3) is 0 Å². The van der Waals surface area contributed by atoms with Crippen molar-refractivity contribution in [1.82, 2.24) is 10.2 Å². The number of hydrogen-bond acceptors (Lipinski definition) is 5. The van der Waals surface area contributed by atoms with Crippen molar-refractivity contribution in [3.8, 4) is 5.75 Å². The quantitative estimate of drug-likeness (QED) is 0.325. The number of nitrogens with one attached hydrogen (secondary N) is 1. The average molecular weight is 584 g/mol. The third-order valence-corrected chi connectivity index (χ3v) is 8.73. The van der Waals surface area contributed by atoms with Crippen LogP contribution in [-0.4, -0.2) is 50.9 Å². The molecule has 8 nitrogen and oxygen atoms in total. The Balaban J connectivity index is 2.11. The zero-order valence-corrected chi connectivity index (χ0v) is 25.2. The van der Waals surface area contributed by atoms with Crippen molar-refractivity contribution < 1.29 is 27.1 Å². The molecule has 2 atom stereocenters. The highest BCUT2D eigenvalue weighted by molar-refractivity contribution is 7.92. The van der Waals surface area contributed by atoms with Crippen LogP contribution in [0, 0.1) is 19.7 Å². The minimum atomic E-state index is -4.27. The number of sulfonamides is 1. The van der Waals surface area contributed by atoms with Gasteiger partial charge in [0.1, 0.15) is 24.2 Å². The number of hydrogen-bond donors (Lipinski definition) is 1. The van der Waals surface area contributed by atoms with Crippen LogP contribution < -0.4 is 14.4 Å². The molecule has 3 rings (SSSR count). The summed E-state index contributed by atoms with van der Waals surface area (Å²) in [5.74, 6) is -1.39. The van der Waals surface area contributed by atoms with Crippen LogP contribution >= 0.6 is 0 Å². The number of rotatable bonds is 12. The standard InChI is InChI=1S/C31H38FN3O5S/c1-7-23(4)33-31(37)24(5)34(19-25-10-8-9-11-27(25)32)30(36)20-35(28-18-22(3)14-17-29(28)40-6)41(38,39)26-15-12-21(2)13-16-26/h8-18,23-24H,7,19-20H2,1-6H3,(H,33,37)/t23-,24+/m1/s1. The van der Waals surface area contributed by atoms with E-state index in [1.54, 1.807) is 50.2 Å². The van der Waals surface area contributed by atoms with Crippen molar-refractivity contribution in [2.24, 2.45) is 0 Å². The summed E-state index contributed by atoms with van der Waals surface area (Å²) in [4.78, 5) is 28.4. The van der Waals surface area contributed by atoms with Gasteiger partial charge in [0.05, 0.1) is 17.7 Å². The molecule has 3 aromatic carbocycles. The van der Waals surface area contributed by atoms with Gasteiger partial charge in [0, 0.05) is 18.2 Å². The highest BCUT2D eigenvalue weighted by Gasteiger charge is 2.34. The average Bonchev–Trinajstić information content (AvgIpc) is 2.95. The van der Waals surface area contributed by atoms with E-state index in [0.717, 1.165) is 15.4 Å². The Morgan fingerprint density at radius 1 is 0.976 bits per heavy atom. The molecular formula is C31H38FN3O5S. The van der Waals surface area contributed by atoms with Gasteiger partial charge in [0.25, 0.3) is 10.0 Å². The van der Waals surface area contributed by atoms with Gasteiger partial charge in [-0.15, -0.1) is 0 Å². The predicted molar refractivity (Wildman–Crippen MR) is 158 cm³/mol. The Hall–Kier alpha value is -3.92. The lowest BCUT2D eigenvalue weighted by Crippen LogP contribution is -2.52. The van der Waals surface area contributed by atoms with Gasteiger partial charge >= 0.3 is 0 Å². The molecule has 0 fully saturated rings. The SMILES string of the molecule is CC[C@@H](C)NC(=O)[C@H](C)N(Cc1ccccc1F)C(=O)CN(c1cc(C)ccc1OC)S(=O)(=O)c1ccc(C)cc1. The molecule has 0 aliphatic heterocycles. The molecule has 41 heavy (non-hydrogen) atoms. The zero-order valence-electron chi connectivity index (χ0n) is 24.3. The van der Waals surface area contributed by atoms with Gasteiger partial charge < -0.3 is 15.0 Å². The van der Waals surface area contributed by atoms with Gasteiger partial charge in [0.15, 0.2) is 0 Å². The number of carbonyl (C=O) groups excluding carboxylic acids is 2. The summed E-state index contributed by atoms with van der Waals surface area (Å²) in [7, 11) is -2.85. The van der Waals surface area contributed by atoms with Crippen molar-refractivity contribution in [2.45, 2.75) is 64.6 Å². The Labute approximate surface area is 242 Å². The number of methoxy groups -OCH3 is 1. The lowest BCUT2D eigenvalue weighted by Gasteiger charge is -2.33. The smallest absolute Gasteiger partial charge is 0.264 e. The fraction of sp³-hybridized carbons (Fsp3) is 0.355. The van der Waals surface area contributed by atoms with Crippen LogP contribution in [-0.2, 0) is 26.2 Å². The first-order valence-corrected chi connectivity index (χ1v) is 14.9. The fourth-order valence-electron chi connectivity index (χ4n) is 4.20. The molecule has 10 heteroatoms. The highest BCUT2D eigenvalue weighted by atomic mass is 32.2. The predicted octanol–water partition coefficient (Wildman–Crippen LogP) is 4.98. The minimum Gasteiger partial charge on any atom is -0.495 e. The van der Waals surface area contributed by atoms with Crippen LogP contribution in [0.4, 0.5) is 10.1 Å². The van der Waals surface area contributed by atoms with E-state index in [1.807, 2.05) is 20.8 Å². The molecule has 0 radical (unpaired) electrons. The fourth-order valence-corrected chi connectivity index (χ4v) is 5.62. The number of amides is 2. The molecule has 0 spiro atoms. The summed E-state index contributed by atoms with van der Waals surface area (Å²) < 4.78 is 49.2. The van der Waals surface area contributed by atoms with Gasteiger partial charge in [-0.25, -0.2) is 12.8 Å². The van der Waals surface area contributed by atoms with Crippen LogP contribution in [0.15, 0.2) is 71.6 Å². The second-order valence-corrected chi connectivity index (χ2v) is 12.0. The molecule has 0 bridgehead atoms. The van der Waals surface area contributed by atoms with Crippen molar-refractivity contribution in [3.05, 3.63) is 89.2 Å². The van der Waals surface area contributed by atoms with Gasteiger partial charge in [0.2, 0.25) is 11.8 Å². The summed E-state index contributed by atoms with van der Waals surface area (Å²) in [6, 6.07) is 16.1. The van der Waals surface area contributed by atoms with Gasteiger partial charge in [-0.05, 0) is 70.0 Å². The lowest BCUT2D eigenvalue weighted by atomic mass is 10.1. The highest BCUT2D eigenvalue weighted by Crippen LogP contribution is 2.34. The molecule has 0 aromatic heterocycles. The van der Waals surface area contributed by atoms with Gasteiger partial charge in [-0.1, -0.05) is 48.9 Å². The number of halogens is 1. The first-order valence-electron chi connectivity index (χ1n) is 13.5. The molecule has 0 heterocycles. The van der Waals surface area contributed by atoms with Crippen molar-refractivity contribution in [1.29, 1.82) is 0 Å². The van der Waals surface area contributed by atoms with E-state index in [2.05, 4.69) is 5.32 Å². The van der Waals surface area contributed by atoms with E-state index in [-0.39, 0.29) is 34.5 Å². The van der Waals surface area contributed by atoms with Crippen LogP contribution in [0.5, 0.6) is 5.75 Å². The van der Waals surface area contributed by atoms with Crippen molar-refractivity contribution in [2.75, 3.05) is 18.0 Å². The van der Waals surface area contributed by atoms with Gasteiger partial charge in [-0.2, -0.15) is 0 Å². The summed E-state index contributed by atoms with van der Waals surface area (Å²) in [6.45, 7) is 8.06. The number of carbonyl (C=O) groups is 2. The molecule has 1 N–H and O–H groups in total. The molecule has 0 unspecified atom stereocenters. The molecule has 0 aliphatic rings. The Morgan fingerprint density at radius 2 is 1.61 bits per heavy atom. The number of nitrogens with zero attached hydrogens (tertiary/aromatic N) is 2. The molecule has 3 aromatic rings. The largest absolute Gasteiger partial charge is 0.495 e. The second-order valence-electron chi connectivity index (χ2n) is 10.1. The maximum atomic E-state index is 14.7. The maximum Gasteiger partial charge on any atom is 0.264 e. The van der Waals surface area contributed by atoms with E-state index in [0.29, 0.717) is 6.42 Å².